The van der Waals surface area contributed by atoms with Crippen molar-refractivity contribution in [2.45, 2.75) is 30.4 Å². The number of esters is 1. The second kappa shape index (κ2) is 7.62. The fraction of sp³-hybridized carbons (Fsp3) is 0.529. The first-order chi connectivity index (χ1) is 11.1. The van der Waals surface area contributed by atoms with Crippen LogP contribution in [0.5, 0.6) is 0 Å². The van der Waals surface area contributed by atoms with Crippen LogP contribution in [-0.4, -0.2) is 36.0 Å². The highest BCUT2D eigenvalue weighted by atomic mass is 32.2. The highest BCUT2D eigenvalue weighted by Gasteiger charge is 2.29. The molecule has 1 aromatic carbocycles. The zero-order valence-electron chi connectivity index (χ0n) is 13.1. The van der Waals surface area contributed by atoms with Gasteiger partial charge in [-0.15, -0.1) is 23.5 Å². The molecule has 1 amide bonds. The van der Waals surface area contributed by atoms with Gasteiger partial charge in [-0.3, -0.25) is 4.79 Å². The molecule has 1 saturated heterocycles. The van der Waals surface area contributed by atoms with Gasteiger partial charge in [0.25, 0.3) is 5.91 Å². The maximum atomic E-state index is 12.0. The first-order valence-corrected chi connectivity index (χ1v) is 10.0. The lowest BCUT2D eigenvalue weighted by atomic mass is 10.1. The predicted octanol–water partition coefficient (Wildman–Crippen LogP) is 3.24. The van der Waals surface area contributed by atoms with E-state index in [4.69, 9.17) is 4.74 Å². The van der Waals surface area contributed by atoms with E-state index in [1.807, 2.05) is 42.6 Å². The Morgan fingerprint density at radius 1 is 1.22 bits per heavy atom. The Morgan fingerprint density at radius 3 is 2.48 bits per heavy atom. The molecule has 2 aliphatic rings. The van der Waals surface area contributed by atoms with Gasteiger partial charge in [-0.2, -0.15) is 0 Å². The van der Waals surface area contributed by atoms with Gasteiger partial charge in [0.2, 0.25) is 0 Å². The van der Waals surface area contributed by atoms with E-state index in [9.17, 15) is 9.59 Å². The zero-order chi connectivity index (χ0) is 16.2. The van der Waals surface area contributed by atoms with Gasteiger partial charge in [-0.25, -0.2) is 4.79 Å². The van der Waals surface area contributed by atoms with Gasteiger partial charge >= 0.3 is 5.97 Å². The van der Waals surface area contributed by atoms with Crippen LogP contribution in [0.15, 0.2) is 24.3 Å². The van der Waals surface area contributed by atoms with Crippen LogP contribution in [0, 0.1) is 5.92 Å². The van der Waals surface area contributed by atoms with Crippen molar-refractivity contribution in [2.24, 2.45) is 5.92 Å². The van der Waals surface area contributed by atoms with Crippen LogP contribution in [0.1, 0.15) is 40.3 Å². The molecule has 124 valence electrons. The smallest absolute Gasteiger partial charge is 0.338 e. The second-order valence-corrected chi connectivity index (χ2v) is 8.69. The molecular weight excluding hydrogens is 330 g/mol. The average Bonchev–Trinajstić information content (AvgIpc) is 3.28. The van der Waals surface area contributed by atoms with E-state index in [-0.39, 0.29) is 18.6 Å². The molecule has 2 fully saturated rings. The molecule has 1 aliphatic carbocycles. The number of hydrogen-bond donors (Lipinski definition) is 1. The lowest BCUT2D eigenvalue weighted by Gasteiger charge is -2.13. The standard InChI is InChI=1S/C17H21NO3S2/c1-11(12-2-3-12)18-15(19)10-21-16(20)13-4-6-14(7-5-13)17-22-8-9-23-17/h4-7,11-12,17H,2-3,8-10H2,1H3,(H,18,19)/t11-/m0/s1. The molecule has 0 spiro atoms. The van der Waals surface area contributed by atoms with Crippen molar-refractivity contribution in [2.75, 3.05) is 18.1 Å². The fourth-order valence-electron chi connectivity index (χ4n) is 2.55. The molecule has 6 heteroatoms. The Bertz CT molecular complexity index is 566. The number of amides is 1. The minimum Gasteiger partial charge on any atom is -0.452 e. The van der Waals surface area contributed by atoms with Crippen LogP contribution in [0.2, 0.25) is 0 Å². The molecule has 23 heavy (non-hydrogen) atoms. The third kappa shape index (κ3) is 4.67. The number of ether oxygens (including phenoxy) is 1. The lowest BCUT2D eigenvalue weighted by Crippen LogP contribution is -2.37. The first-order valence-electron chi connectivity index (χ1n) is 7.93. The maximum Gasteiger partial charge on any atom is 0.338 e. The summed E-state index contributed by atoms with van der Waals surface area (Å²) in [5.74, 6) is 2.26. The van der Waals surface area contributed by atoms with E-state index >= 15 is 0 Å². The van der Waals surface area contributed by atoms with Crippen LogP contribution in [0.4, 0.5) is 0 Å². The van der Waals surface area contributed by atoms with E-state index < -0.39 is 5.97 Å². The summed E-state index contributed by atoms with van der Waals surface area (Å²) >= 11 is 3.86. The van der Waals surface area contributed by atoms with Gasteiger partial charge in [0.1, 0.15) is 0 Å². The van der Waals surface area contributed by atoms with Crippen molar-refractivity contribution in [3.63, 3.8) is 0 Å². The summed E-state index contributed by atoms with van der Waals surface area (Å²) in [6.45, 7) is 1.78. The average molecular weight is 351 g/mol. The van der Waals surface area contributed by atoms with Crippen molar-refractivity contribution >= 4 is 35.4 Å². The number of thioether (sulfide) groups is 2. The van der Waals surface area contributed by atoms with Gasteiger partial charge < -0.3 is 10.1 Å². The Labute approximate surface area is 145 Å². The monoisotopic (exact) mass is 351 g/mol. The van der Waals surface area contributed by atoms with Gasteiger partial charge in [-0.05, 0) is 43.4 Å². The molecule has 0 radical (unpaired) electrons. The molecule has 0 bridgehead atoms. The van der Waals surface area contributed by atoms with Gasteiger partial charge in [0.05, 0.1) is 10.1 Å². The van der Waals surface area contributed by atoms with Crippen molar-refractivity contribution in [3.8, 4) is 0 Å². The highest BCUT2D eigenvalue weighted by Crippen LogP contribution is 2.45. The number of rotatable bonds is 6. The summed E-state index contributed by atoms with van der Waals surface area (Å²) in [5.41, 5.74) is 1.72. The van der Waals surface area contributed by atoms with Gasteiger partial charge in [0.15, 0.2) is 6.61 Å². The SMILES string of the molecule is C[C@H](NC(=O)COC(=O)c1ccc(C2SCCS2)cc1)C1CC1. The summed E-state index contributed by atoms with van der Waals surface area (Å²) in [4.78, 5) is 23.8. The second-order valence-electron chi connectivity index (χ2n) is 5.97. The number of carbonyl (C=O) groups is 2. The molecule has 1 saturated carbocycles. The highest BCUT2D eigenvalue weighted by molar-refractivity contribution is 8.19. The molecule has 1 aliphatic heterocycles. The largest absolute Gasteiger partial charge is 0.452 e. The summed E-state index contributed by atoms with van der Waals surface area (Å²) in [7, 11) is 0. The van der Waals surface area contributed by atoms with Crippen LogP contribution in [0.3, 0.4) is 0 Å². The topological polar surface area (TPSA) is 55.4 Å². The normalized spacial score (nSPS) is 19.3. The predicted molar refractivity (Wildman–Crippen MR) is 94.7 cm³/mol. The summed E-state index contributed by atoms with van der Waals surface area (Å²) in [6.07, 6.45) is 2.34. The zero-order valence-corrected chi connectivity index (χ0v) is 14.8. The summed E-state index contributed by atoms with van der Waals surface area (Å²) < 4.78 is 5.56. The minimum absolute atomic E-state index is 0.168. The van der Waals surface area contributed by atoms with E-state index in [1.54, 1.807) is 12.1 Å². The third-order valence-corrected chi connectivity index (χ3v) is 7.20. The summed E-state index contributed by atoms with van der Waals surface area (Å²) in [6, 6.07) is 7.68. The Kier molecular flexibility index (Phi) is 5.54. The number of carbonyl (C=O) groups excluding carboxylic acids is 2. The summed E-state index contributed by atoms with van der Waals surface area (Å²) in [5, 5.41) is 2.87. The van der Waals surface area contributed by atoms with Crippen LogP contribution in [0.25, 0.3) is 0 Å². The van der Waals surface area contributed by atoms with Crippen molar-refractivity contribution in [1.29, 1.82) is 0 Å². The fourth-order valence-corrected chi connectivity index (χ4v) is 5.41. The lowest BCUT2D eigenvalue weighted by molar-refractivity contribution is -0.124. The molecule has 1 heterocycles. The van der Waals surface area contributed by atoms with Crippen LogP contribution >= 0.6 is 23.5 Å². The number of nitrogens with one attached hydrogen (secondary N) is 1. The minimum atomic E-state index is -0.447. The Balaban J connectivity index is 1.46. The molecule has 3 rings (SSSR count). The quantitative estimate of drug-likeness (QED) is 0.798. The molecule has 1 aromatic rings. The molecule has 0 unspecified atom stereocenters. The van der Waals surface area contributed by atoms with Crippen molar-refractivity contribution in [3.05, 3.63) is 35.4 Å². The van der Waals surface area contributed by atoms with Gasteiger partial charge in [-0.1, -0.05) is 12.1 Å². The molecule has 1 atom stereocenters. The van der Waals surface area contributed by atoms with Crippen LogP contribution < -0.4 is 5.32 Å². The van der Waals surface area contributed by atoms with Gasteiger partial charge in [0, 0.05) is 17.5 Å². The van der Waals surface area contributed by atoms with Crippen molar-refractivity contribution < 1.29 is 14.3 Å². The molecule has 1 N–H and O–H groups in total. The van der Waals surface area contributed by atoms with E-state index in [2.05, 4.69) is 5.32 Å². The third-order valence-electron chi connectivity index (χ3n) is 4.09. The van der Waals surface area contributed by atoms with E-state index in [0.29, 0.717) is 16.1 Å². The molecular formula is C17H21NO3S2. The number of hydrogen-bond acceptors (Lipinski definition) is 5. The molecule has 4 nitrogen and oxygen atoms in total. The van der Waals surface area contributed by atoms with Crippen molar-refractivity contribution in [1.82, 2.24) is 5.32 Å². The van der Waals surface area contributed by atoms with E-state index in [0.717, 1.165) is 0 Å². The Hall–Kier alpha value is -1.14. The number of benzene rings is 1. The Morgan fingerprint density at radius 2 is 1.87 bits per heavy atom. The van der Waals surface area contributed by atoms with E-state index in [1.165, 1.54) is 29.9 Å². The maximum absolute atomic E-state index is 12.0. The van der Waals surface area contributed by atoms with Crippen LogP contribution in [-0.2, 0) is 9.53 Å². The molecule has 0 aromatic heterocycles. The first kappa shape index (κ1) is 16.7.